The fourth-order valence-corrected chi connectivity index (χ4v) is 3.44. The van der Waals surface area contributed by atoms with Gasteiger partial charge in [0.05, 0.1) is 17.2 Å². The quantitative estimate of drug-likeness (QED) is 0.345. The van der Waals surface area contributed by atoms with Gasteiger partial charge in [0.15, 0.2) is 11.5 Å². The number of rotatable bonds is 10. The normalized spacial score (nSPS) is 11.0. The summed E-state index contributed by atoms with van der Waals surface area (Å²) in [7, 11) is 1.61. The van der Waals surface area contributed by atoms with Crippen LogP contribution < -0.4 is 14.8 Å². The third kappa shape index (κ3) is 7.93. The van der Waals surface area contributed by atoms with Gasteiger partial charge in [-0.25, -0.2) is 0 Å². The minimum absolute atomic E-state index is 0.119. The topological polar surface area (TPSA) is 39.7 Å². The van der Waals surface area contributed by atoms with Crippen molar-refractivity contribution in [2.45, 2.75) is 25.9 Å². The molecule has 0 aliphatic heterocycles. The molecule has 1 atom stereocenters. The zero-order valence-electron chi connectivity index (χ0n) is 18.0. The molecule has 0 aliphatic carbocycles. The van der Waals surface area contributed by atoms with E-state index in [9.17, 15) is 0 Å². The van der Waals surface area contributed by atoms with Gasteiger partial charge in [0, 0.05) is 13.0 Å². The van der Waals surface area contributed by atoms with Gasteiger partial charge in [-0.1, -0.05) is 66.3 Å². The molecule has 1 unspecified atom stereocenters. The Morgan fingerprint density at radius 2 is 1.91 bits per heavy atom. The highest BCUT2D eigenvalue weighted by Crippen LogP contribution is 2.29. The third-order valence-electron chi connectivity index (χ3n) is 4.36. The fraction of sp³-hybridized carbons (Fsp3) is 0.320. The van der Waals surface area contributed by atoms with Gasteiger partial charge in [-0.3, -0.25) is 0 Å². The summed E-state index contributed by atoms with van der Waals surface area (Å²) in [5, 5.41) is 4.13. The molecule has 1 N–H and O–H groups in total. The average Bonchev–Trinajstić information content (AvgIpc) is 2.79. The number of ether oxygens (including phenoxy) is 3. The molecular weight excluding hydrogens is 465 g/mol. The number of halogens is 2. The molecule has 0 aliphatic rings. The van der Waals surface area contributed by atoms with Gasteiger partial charge in [0.2, 0.25) is 0 Å². The predicted octanol–water partition coefficient (Wildman–Crippen LogP) is 5.64. The van der Waals surface area contributed by atoms with Crippen LogP contribution in [0.2, 0.25) is 10.0 Å². The maximum Gasteiger partial charge on any atom is 0.162 e. The molecule has 0 saturated carbocycles. The van der Waals surface area contributed by atoms with Crippen LogP contribution >= 0.6 is 35.4 Å². The Morgan fingerprint density at radius 1 is 1.09 bits per heavy atom. The lowest BCUT2D eigenvalue weighted by atomic mass is 10.1. The highest BCUT2D eigenvalue weighted by Gasteiger charge is 2.18. The number of nitrogens with one attached hydrogen (secondary N) is 1. The summed E-state index contributed by atoms with van der Waals surface area (Å²) in [6.07, 6.45) is 6.35. The molecule has 0 saturated heterocycles. The first kappa shape index (κ1) is 25.8. The zero-order chi connectivity index (χ0) is 23.3. The van der Waals surface area contributed by atoms with E-state index >= 15 is 0 Å². The van der Waals surface area contributed by atoms with Gasteiger partial charge < -0.3 is 19.5 Å². The lowest BCUT2D eigenvalue weighted by molar-refractivity contribution is 0.128. The van der Waals surface area contributed by atoms with E-state index < -0.39 is 6.10 Å². The van der Waals surface area contributed by atoms with E-state index in [2.05, 4.69) is 23.1 Å². The SMILES string of the molecule is C#CCOC(C(=S)NCCc1ccc(OCC#CCC)c(OC)c1)c1ccc(Cl)c(Cl)c1. The van der Waals surface area contributed by atoms with Gasteiger partial charge in [0.25, 0.3) is 0 Å². The minimum atomic E-state index is -0.523. The Morgan fingerprint density at radius 3 is 2.59 bits per heavy atom. The molecule has 2 rings (SSSR count). The largest absolute Gasteiger partial charge is 0.493 e. The van der Waals surface area contributed by atoms with E-state index in [0.717, 1.165) is 24.0 Å². The monoisotopic (exact) mass is 489 g/mol. The van der Waals surface area contributed by atoms with Crippen molar-refractivity contribution < 1.29 is 14.2 Å². The summed E-state index contributed by atoms with van der Waals surface area (Å²) in [6, 6.07) is 11.1. The van der Waals surface area contributed by atoms with Gasteiger partial charge >= 0.3 is 0 Å². The van der Waals surface area contributed by atoms with Crippen molar-refractivity contribution >= 4 is 40.4 Å². The summed E-state index contributed by atoms with van der Waals surface area (Å²) in [6.45, 7) is 3.04. The van der Waals surface area contributed by atoms with Crippen LogP contribution in [-0.4, -0.2) is 31.9 Å². The fourth-order valence-electron chi connectivity index (χ4n) is 2.83. The van der Waals surface area contributed by atoms with Crippen LogP contribution in [0.25, 0.3) is 0 Å². The minimum Gasteiger partial charge on any atom is -0.493 e. The van der Waals surface area contributed by atoms with Gasteiger partial charge in [-0.2, -0.15) is 0 Å². The van der Waals surface area contributed by atoms with E-state index in [0.29, 0.717) is 39.7 Å². The number of terminal acetylenes is 1. The molecule has 0 spiro atoms. The second-order valence-corrected chi connectivity index (χ2v) is 7.84. The molecule has 2 aromatic rings. The molecule has 7 heteroatoms. The molecule has 0 bridgehead atoms. The molecule has 2 aromatic carbocycles. The third-order valence-corrected chi connectivity index (χ3v) is 5.46. The van der Waals surface area contributed by atoms with E-state index in [-0.39, 0.29) is 6.61 Å². The Bertz CT molecular complexity index is 1020. The van der Waals surface area contributed by atoms with Crippen molar-refractivity contribution in [1.82, 2.24) is 5.32 Å². The van der Waals surface area contributed by atoms with Crippen LogP contribution in [0.4, 0.5) is 0 Å². The smallest absolute Gasteiger partial charge is 0.162 e. The Balaban J connectivity index is 1.99. The maximum absolute atomic E-state index is 6.15. The van der Waals surface area contributed by atoms with Crippen LogP contribution in [0.1, 0.15) is 30.6 Å². The zero-order valence-corrected chi connectivity index (χ0v) is 20.4. The summed E-state index contributed by atoms with van der Waals surface area (Å²) in [5.41, 5.74) is 1.85. The summed E-state index contributed by atoms with van der Waals surface area (Å²) < 4.78 is 16.9. The predicted molar refractivity (Wildman–Crippen MR) is 135 cm³/mol. The highest BCUT2D eigenvalue weighted by molar-refractivity contribution is 7.80. The first-order chi connectivity index (χ1) is 15.5. The molecule has 0 aromatic heterocycles. The van der Waals surface area contributed by atoms with E-state index in [1.165, 1.54) is 0 Å². The second kappa shape index (κ2) is 13.9. The van der Waals surface area contributed by atoms with E-state index in [4.69, 9.17) is 56.1 Å². The van der Waals surface area contributed by atoms with Crippen molar-refractivity contribution in [3.63, 3.8) is 0 Å². The molecule has 168 valence electrons. The van der Waals surface area contributed by atoms with Crippen LogP contribution in [0, 0.1) is 24.2 Å². The molecule has 4 nitrogen and oxygen atoms in total. The van der Waals surface area contributed by atoms with Gasteiger partial charge in [0.1, 0.15) is 24.3 Å². The van der Waals surface area contributed by atoms with Crippen molar-refractivity contribution in [2.24, 2.45) is 0 Å². The van der Waals surface area contributed by atoms with Crippen LogP contribution in [0.5, 0.6) is 11.5 Å². The second-order valence-electron chi connectivity index (χ2n) is 6.59. The summed E-state index contributed by atoms with van der Waals surface area (Å²) >= 11 is 17.7. The van der Waals surface area contributed by atoms with Gasteiger partial charge in [-0.15, -0.1) is 12.3 Å². The lowest BCUT2D eigenvalue weighted by Crippen LogP contribution is -2.31. The lowest BCUT2D eigenvalue weighted by Gasteiger charge is -2.20. The summed E-state index contributed by atoms with van der Waals surface area (Å²) in [5.74, 6) is 9.71. The average molecular weight is 490 g/mol. The first-order valence-corrected chi connectivity index (χ1v) is 11.2. The molecule has 0 amide bonds. The number of methoxy groups -OCH3 is 1. The molecule has 32 heavy (non-hydrogen) atoms. The van der Waals surface area contributed by atoms with E-state index in [1.807, 2.05) is 31.2 Å². The van der Waals surface area contributed by atoms with Crippen molar-refractivity contribution in [3.05, 3.63) is 57.6 Å². The molecule has 0 radical (unpaired) electrons. The maximum atomic E-state index is 6.15. The van der Waals surface area contributed by atoms with Crippen molar-refractivity contribution in [3.8, 4) is 35.7 Å². The Hall–Kier alpha value is -2.41. The van der Waals surface area contributed by atoms with Gasteiger partial charge in [-0.05, 0) is 41.8 Å². The number of benzene rings is 2. The number of hydrogen-bond donors (Lipinski definition) is 1. The van der Waals surface area contributed by atoms with Crippen LogP contribution in [0.3, 0.4) is 0 Å². The first-order valence-electron chi connectivity index (χ1n) is 10.0. The van der Waals surface area contributed by atoms with Crippen molar-refractivity contribution in [1.29, 1.82) is 0 Å². The van der Waals surface area contributed by atoms with Crippen molar-refractivity contribution in [2.75, 3.05) is 26.9 Å². The molecular formula is C25H25Cl2NO3S. The highest BCUT2D eigenvalue weighted by atomic mass is 35.5. The summed E-state index contributed by atoms with van der Waals surface area (Å²) in [4.78, 5) is 0.514. The van der Waals surface area contributed by atoms with E-state index in [1.54, 1.807) is 19.2 Å². The Kier molecular flexibility index (Phi) is 11.2. The van der Waals surface area contributed by atoms with Crippen LogP contribution in [-0.2, 0) is 11.2 Å². The standard InChI is InChI=1S/C25H25Cl2NO3S/c1-4-6-7-15-30-22-11-8-18(16-23(22)29-3)12-13-28-25(32)24(31-14-5-2)19-9-10-20(26)21(27)17-19/h2,8-11,16-17,24H,4,12-15H2,1,3H3,(H,28,32). The number of hydrogen-bond acceptors (Lipinski definition) is 4. The molecule has 0 fully saturated rings. The Labute approximate surface area is 205 Å². The number of thiocarbonyl (C=S) groups is 1. The molecule has 0 heterocycles. The van der Waals surface area contributed by atoms with Crippen LogP contribution in [0.15, 0.2) is 36.4 Å².